The second-order valence-corrected chi connectivity index (χ2v) is 8.10. The number of amides is 1. The molecule has 162 valence electrons. The summed E-state index contributed by atoms with van der Waals surface area (Å²) in [7, 11) is 1.86. The third-order valence-corrected chi connectivity index (χ3v) is 5.93. The van der Waals surface area contributed by atoms with Gasteiger partial charge in [0.05, 0.1) is 12.0 Å². The van der Waals surface area contributed by atoms with Crippen molar-refractivity contribution < 1.29 is 4.79 Å². The fourth-order valence-electron chi connectivity index (χ4n) is 3.02. The van der Waals surface area contributed by atoms with Gasteiger partial charge in [0.1, 0.15) is 0 Å². The number of halogens is 1. The van der Waals surface area contributed by atoms with Crippen molar-refractivity contribution in [3.05, 3.63) is 59.1 Å². The van der Waals surface area contributed by atoms with E-state index in [1.807, 2.05) is 41.9 Å². The van der Waals surface area contributed by atoms with Crippen LogP contribution in [0, 0.1) is 0 Å². The predicted octanol–water partition coefficient (Wildman–Crippen LogP) is 4.22. The zero-order valence-corrected chi connectivity index (χ0v) is 19.3. The first-order valence-corrected chi connectivity index (χ1v) is 11.3. The Labute approximate surface area is 191 Å². The number of rotatable bonds is 9. The lowest BCUT2D eigenvalue weighted by Gasteiger charge is -2.20. The number of hydrazone groups is 1. The first-order chi connectivity index (χ1) is 15.0. The Morgan fingerprint density at radius 1 is 1.19 bits per heavy atom. The van der Waals surface area contributed by atoms with Crippen molar-refractivity contribution >= 4 is 41.2 Å². The third-order valence-electron chi connectivity index (χ3n) is 4.67. The van der Waals surface area contributed by atoms with E-state index >= 15 is 0 Å². The van der Waals surface area contributed by atoms with E-state index in [0.29, 0.717) is 16.0 Å². The number of hydrogen-bond donors (Lipinski definition) is 1. The molecule has 0 aliphatic rings. The Balaban J connectivity index is 1.52. The van der Waals surface area contributed by atoms with Crippen LogP contribution in [0.5, 0.6) is 0 Å². The van der Waals surface area contributed by atoms with Gasteiger partial charge in [-0.15, -0.1) is 10.2 Å². The summed E-state index contributed by atoms with van der Waals surface area (Å²) in [4.78, 5) is 14.4. The molecule has 0 atom stereocenters. The van der Waals surface area contributed by atoms with Crippen molar-refractivity contribution in [2.75, 3.05) is 23.7 Å². The SMILES string of the molecule is CCN(CC)c1ccc(/C=N\NC(=O)CSc2nnc(-c3cccc(Cl)c3)n2C)cc1. The number of benzene rings is 2. The van der Waals surface area contributed by atoms with E-state index in [1.165, 1.54) is 17.4 Å². The predicted molar refractivity (Wildman–Crippen MR) is 128 cm³/mol. The van der Waals surface area contributed by atoms with Crippen LogP contribution in [-0.4, -0.2) is 45.7 Å². The monoisotopic (exact) mass is 456 g/mol. The van der Waals surface area contributed by atoms with E-state index in [2.05, 4.69) is 51.6 Å². The van der Waals surface area contributed by atoms with Gasteiger partial charge in [-0.1, -0.05) is 47.6 Å². The second kappa shape index (κ2) is 11.0. The van der Waals surface area contributed by atoms with Gasteiger partial charge in [0, 0.05) is 36.4 Å². The van der Waals surface area contributed by atoms with Gasteiger partial charge in [0.2, 0.25) is 0 Å². The maximum atomic E-state index is 12.1. The summed E-state index contributed by atoms with van der Waals surface area (Å²) in [6.45, 7) is 6.19. The molecule has 1 N–H and O–H groups in total. The zero-order chi connectivity index (χ0) is 22.2. The molecule has 1 aromatic heterocycles. The average molecular weight is 457 g/mol. The Hall–Kier alpha value is -2.84. The van der Waals surface area contributed by atoms with Crippen LogP contribution in [0.3, 0.4) is 0 Å². The molecule has 0 radical (unpaired) electrons. The van der Waals surface area contributed by atoms with Crippen LogP contribution in [0.2, 0.25) is 5.02 Å². The van der Waals surface area contributed by atoms with Crippen molar-refractivity contribution in [1.29, 1.82) is 0 Å². The Morgan fingerprint density at radius 2 is 1.94 bits per heavy atom. The normalized spacial score (nSPS) is 11.1. The number of aromatic nitrogens is 3. The average Bonchev–Trinajstić information content (AvgIpc) is 3.14. The Kier molecular flexibility index (Phi) is 8.08. The van der Waals surface area contributed by atoms with E-state index in [-0.39, 0.29) is 11.7 Å². The molecule has 0 spiro atoms. The quantitative estimate of drug-likeness (QED) is 0.296. The lowest BCUT2D eigenvalue weighted by Crippen LogP contribution is -2.21. The molecule has 0 unspecified atom stereocenters. The van der Waals surface area contributed by atoms with E-state index in [0.717, 1.165) is 24.2 Å². The smallest absolute Gasteiger partial charge is 0.250 e. The van der Waals surface area contributed by atoms with Crippen LogP contribution in [0.1, 0.15) is 19.4 Å². The molecule has 0 aliphatic carbocycles. The largest absolute Gasteiger partial charge is 0.372 e. The van der Waals surface area contributed by atoms with Crippen LogP contribution in [0.4, 0.5) is 5.69 Å². The van der Waals surface area contributed by atoms with Crippen LogP contribution >= 0.6 is 23.4 Å². The van der Waals surface area contributed by atoms with Crippen LogP contribution < -0.4 is 10.3 Å². The standard InChI is InChI=1S/C22H25ClN6OS/c1-4-29(5-2)19-11-9-16(10-12-19)14-24-25-20(30)15-31-22-27-26-21(28(22)3)17-7-6-8-18(23)13-17/h6-14H,4-5,15H2,1-3H3,(H,25,30)/b24-14-. The minimum absolute atomic E-state index is 0.180. The second-order valence-electron chi connectivity index (χ2n) is 6.72. The Bertz CT molecular complexity index is 1050. The summed E-state index contributed by atoms with van der Waals surface area (Å²) in [5, 5.41) is 13.7. The van der Waals surface area contributed by atoms with Crippen molar-refractivity contribution in [1.82, 2.24) is 20.2 Å². The minimum atomic E-state index is -0.215. The molecular weight excluding hydrogens is 432 g/mol. The van der Waals surface area contributed by atoms with Gasteiger partial charge in [-0.2, -0.15) is 5.10 Å². The summed E-state index contributed by atoms with van der Waals surface area (Å²) < 4.78 is 1.84. The molecule has 9 heteroatoms. The van der Waals surface area contributed by atoms with Gasteiger partial charge < -0.3 is 9.47 Å². The van der Waals surface area contributed by atoms with Crippen molar-refractivity contribution in [2.45, 2.75) is 19.0 Å². The van der Waals surface area contributed by atoms with E-state index < -0.39 is 0 Å². The zero-order valence-electron chi connectivity index (χ0n) is 17.7. The molecule has 0 aliphatic heterocycles. The molecular formula is C22H25ClN6OS. The van der Waals surface area contributed by atoms with E-state index in [9.17, 15) is 4.79 Å². The van der Waals surface area contributed by atoms with Gasteiger partial charge in [-0.3, -0.25) is 4.79 Å². The maximum Gasteiger partial charge on any atom is 0.250 e. The fraction of sp³-hybridized carbons (Fsp3) is 0.273. The topological polar surface area (TPSA) is 75.4 Å². The molecule has 0 saturated heterocycles. The molecule has 1 amide bonds. The highest BCUT2D eigenvalue weighted by molar-refractivity contribution is 7.99. The molecule has 1 heterocycles. The highest BCUT2D eigenvalue weighted by Crippen LogP contribution is 2.24. The third kappa shape index (κ3) is 6.08. The number of nitrogens with zero attached hydrogens (tertiary/aromatic N) is 5. The van der Waals surface area contributed by atoms with Gasteiger partial charge in [-0.25, -0.2) is 5.43 Å². The fourth-order valence-corrected chi connectivity index (χ4v) is 3.91. The lowest BCUT2D eigenvalue weighted by molar-refractivity contribution is -0.118. The summed E-state index contributed by atoms with van der Waals surface area (Å²) >= 11 is 7.35. The lowest BCUT2D eigenvalue weighted by atomic mass is 10.2. The van der Waals surface area contributed by atoms with Crippen molar-refractivity contribution in [3.8, 4) is 11.4 Å². The summed E-state index contributed by atoms with van der Waals surface area (Å²) in [5.41, 5.74) is 5.51. The number of nitrogens with one attached hydrogen (secondary N) is 1. The van der Waals surface area contributed by atoms with Gasteiger partial charge in [0.25, 0.3) is 5.91 Å². The van der Waals surface area contributed by atoms with Crippen LogP contribution in [-0.2, 0) is 11.8 Å². The Morgan fingerprint density at radius 3 is 2.61 bits per heavy atom. The highest BCUT2D eigenvalue weighted by atomic mass is 35.5. The summed E-state index contributed by atoms with van der Waals surface area (Å²) in [6, 6.07) is 15.5. The van der Waals surface area contributed by atoms with Crippen LogP contribution in [0.25, 0.3) is 11.4 Å². The minimum Gasteiger partial charge on any atom is -0.372 e. The van der Waals surface area contributed by atoms with Crippen LogP contribution in [0.15, 0.2) is 58.8 Å². The molecule has 0 fully saturated rings. The molecule has 7 nitrogen and oxygen atoms in total. The first-order valence-electron chi connectivity index (χ1n) is 9.96. The molecule has 3 aromatic rings. The highest BCUT2D eigenvalue weighted by Gasteiger charge is 2.13. The van der Waals surface area contributed by atoms with Gasteiger partial charge in [0.15, 0.2) is 11.0 Å². The summed E-state index contributed by atoms with van der Waals surface area (Å²) in [5.74, 6) is 0.657. The summed E-state index contributed by atoms with van der Waals surface area (Å²) in [6.07, 6.45) is 1.63. The van der Waals surface area contributed by atoms with Crippen molar-refractivity contribution in [2.24, 2.45) is 12.1 Å². The maximum absolute atomic E-state index is 12.1. The number of thioether (sulfide) groups is 1. The van der Waals surface area contributed by atoms with E-state index in [1.54, 1.807) is 12.3 Å². The van der Waals surface area contributed by atoms with Crippen molar-refractivity contribution in [3.63, 3.8) is 0 Å². The number of hydrogen-bond acceptors (Lipinski definition) is 6. The number of anilines is 1. The molecule has 2 aromatic carbocycles. The molecule has 0 bridgehead atoms. The van der Waals surface area contributed by atoms with E-state index in [4.69, 9.17) is 11.6 Å². The molecule has 0 saturated carbocycles. The first kappa shape index (κ1) is 22.8. The number of carbonyl (C=O) groups excluding carboxylic acids is 1. The van der Waals surface area contributed by atoms with Gasteiger partial charge >= 0.3 is 0 Å². The number of carbonyl (C=O) groups is 1. The molecule has 31 heavy (non-hydrogen) atoms. The van der Waals surface area contributed by atoms with Gasteiger partial charge in [-0.05, 0) is 43.7 Å². The molecule has 3 rings (SSSR count).